The highest BCUT2D eigenvalue weighted by molar-refractivity contribution is 5.84. The first kappa shape index (κ1) is 17.3. The molecule has 0 saturated carbocycles. The zero-order valence-electron chi connectivity index (χ0n) is 13.6. The summed E-state index contributed by atoms with van der Waals surface area (Å²) in [4.78, 5) is 25.2. The molecule has 0 aromatic carbocycles. The van der Waals surface area contributed by atoms with Gasteiger partial charge in [0.25, 0.3) is 0 Å². The van der Waals surface area contributed by atoms with Gasteiger partial charge in [-0.1, -0.05) is 13.3 Å². The number of esters is 1. The third-order valence-corrected chi connectivity index (χ3v) is 2.94. The van der Waals surface area contributed by atoms with Crippen LogP contribution < -0.4 is 0 Å². The average Bonchev–Trinajstić information content (AvgIpc) is 2.77. The Bertz CT molecular complexity index is 457. The molecule has 0 aliphatic carbocycles. The Morgan fingerprint density at radius 1 is 1.38 bits per heavy atom. The first-order valence-corrected chi connectivity index (χ1v) is 7.26. The fourth-order valence-corrected chi connectivity index (χ4v) is 1.98. The summed E-state index contributed by atoms with van der Waals surface area (Å²) in [6, 6.07) is 0. The monoisotopic (exact) mass is 295 g/mol. The molecular weight excluding hydrogens is 270 g/mol. The van der Waals surface area contributed by atoms with Crippen LogP contribution >= 0.6 is 0 Å². The topological polar surface area (TPSA) is 55.8 Å². The predicted molar refractivity (Wildman–Crippen MR) is 80.6 cm³/mol. The molecule has 0 aromatic rings. The predicted octanol–water partition coefficient (Wildman–Crippen LogP) is 3.41. The second-order valence-electron chi connectivity index (χ2n) is 6.05. The van der Waals surface area contributed by atoms with Crippen molar-refractivity contribution in [2.24, 2.45) is 0 Å². The van der Waals surface area contributed by atoms with E-state index in [4.69, 9.17) is 4.74 Å². The summed E-state index contributed by atoms with van der Waals surface area (Å²) in [5.74, 6) is -0.415. The van der Waals surface area contributed by atoms with Crippen molar-refractivity contribution in [1.82, 2.24) is 4.90 Å². The lowest BCUT2D eigenvalue weighted by Crippen LogP contribution is -2.35. The van der Waals surface area contributed by atoms with E-state index in [2.05, 4.69) is 11.7 Å². The van der Waals surface area contributed by atoms with E-state index < -0.39 is 11.6 Å². The van der Waals surface area contributed by atoms with Gasteiger partial charge in [-0.05, 0) is 45.3 Å². The fourth-order valence-electron chi connectivity index (χ4n) is 1.98. The second-order valence-corrected chi connectivity index (χ2v) is 6.05. The van der Waals surface area contributed by atoms with Gasteiger partial charge in [-0.2, -0.15) is 0 Å². The second kappa shape index (κ2) is 7.29. The SMILES string of the molecule is CCCCC1=C/C(=C\C(=O)OC)CN1C(=O)OC(C)(C)C. The quantitative estimate of drug-likeness (QED) is 0.589. The van der Waals surface area contributed by atoms with Crippen LogP contribution in [0.3, 0.4) is 0 Å². The van der Waals surface area contributed by atoms with Crippen molar-refractivity contribution in [3.63, 3.8) is 0 Å². The third kappa shape index (κ3) is 5.61. The Morgan fingerprint density at radius 3 is 2.57 bits per heavy atom. The van der Waals surface area contributed by atoms with Gasteiger partial charge in [0.05, 0.1) is 13.7 Å². The molecule has 21 heavy (non-hydrogen) atoms. The van der Waals surface area contributed by atoms with E-state index in [0.717, 1.165) is 30.5 Å². The minimum absolute atomic E-state index is 0.350. The minimum Gasteiger partial charge on any atom is -0.466 e. The van der Waals surface area contributed by atoms with Gasteiger partial charge in [0.15, 0.2) is 0 Å². The lowest BCUT2D eigenvalue weighted by molar-refractivity contribution is -0.134. The summed E-state index contributed by atoms with van der Waals surface area (Å²) >= 11 is 0. The highest BCUT2D eigenvalue weighted by atomic mass is 16.6. The number of hydrogen-bond acceptors (Lipinski definition) is 4. The summed E-state index contributed by atoms with van der Waals surface area (Å²) in [6.45, 7) is 7.95. The van der Waals surface area contributed by atoms with Crippen LogP contribution in [0.15, 0.2) is 23.4 Å². The molecule has 1 aliphatic rings. The van der Waals surface area contributed by atoms with Gasteiger partial charge in [-0.15, -0.1) is 0 Å². The first-order chi connectivity index (χ1) is 9.76. The highest BCUT2D eigenvalue weighted by Gasteiger charge is 2.29. The minimum atomic E-state index is -0.540. The summed E-state index contributed by atoms with van der Waals surface area (Å²) in [5.41, 5.74) is 1.11. The first-order valence-electron chi connectivity index (χ1n) is 7.26. The molecule has 0 bridgehead atoms. The summed E-state index contributed by atoms with van der Waals surface area (Å²) < 4.78 is 10.0. The Balaban J connectivity index is 2.87. The maximum absolute atomic E-state index is 12.3. The molecule has 0 unspecified atom stereocenters. The lowest BCUT2D eigenvalue weighted by Gasteiger charge is -2.26. The highest BCUT2D eigenvalue weighted by Crippen LogP contribution is 2.26. The van der Waals surface area contributed by atoms with Gasteiger partial charge in [0.2, 0.25) is 0 Å². The molecule has 0 N–H and O–H groups in total. The molecule has 0 fully saturated rings. The van der Waals surface area contributed by atoms with Crippen molar-refractivity contribution in [2.45, 2.75) is 52.6 Å². The van der Waals surface area contributed by atoms with Crippen LogP contribution in [0.5, 0.6) is 0 Å². The number of nitrogens with zero attached hydrogens (tertiary/aromatic N) is 1. The maximum atomic E-state index is 12.3. The molecule has 0 spiro atoms. The summed E-state index contributed by atoms with van der Waals surface area (Å²) in [6.07, 6.45) is 5.71. The van der Waals surface area contributed by atoms with Gasteiger partial charge < -0.3 is 9.47 Å². The number of amides is 1. The molecule has 1 aliphatic heterocycles. The number of carbonyl (C=O) groups excluding carboxylic acids is 2. The van der Waals surface area contributed by atoms with Gasteiger partial charge in [-0.3, -0.25) is 4.90 Å². The van der Waals surface area contributed by atoms with Crippen LogP contribution in [-0.4, -0.2) is 36.2 Å². The molecule has 0 saturated heterocycles. The van der Waals surface area contributed by atoms with Gasteiger partial charge in [0.1, 0.15) is 5.60 Å². The molecule has 118 valence electrons. The molecule has 1 rings (SSSR count). The number of hydrogen-bond donors (Lipinski definition) is 0. The molecule has 1 heterocycles. The van der Waals surface area contributed by atoms with Crippen LogP contribution in [0.1, 0.15) is 47.0 Å². The largest absolute Gasteiger partial charge is 0.466 e. The number of unbranched alkanes of at least 4 members (excludes halogenated alkanes) is 1. The molecule has 1 amide bonds. The van der Waals surface area contributed by atoms with Crippen molar-refractivity contribution >= 4 is 12.1 Å². The normalized spacial score (nSPS) is 16.9. The Hall–Kier alpha value is -1.78. The standard InChI is InChI=1S/C16H25NO4/c1-6-7-8-13-9-12(10-14(18)20-5)11-17(13)15(19)21-16(2,3)4/h9-10H,6-8,11H2,1-5H3/b12-10+. The zero-order valence-corrected chi connectivity index (χ0v) is 13.6. The van der Waals surface area contributed by atoms with Crippen LogP contribution in [-0.2, 0) is 14.3 Å². The van der Waals surface area contributed by atoms with Crippen LogP contribution in [0.4, 0.5) is 4.79 Å². The van der Waals surface area contributed by atoms with Gasteiger partial charge in [-0.25, -0.2) is 9.59 Å². The molecule has 5 nitrogen and oxygen atoms in total. The van der Waals surface area contributed by atoms with Crippen molar-refractivity contribution in [3.8, 4) is 0 Å². The third-order valence-electron chi connectivity index (χ3n) is 2.94. The van der Waals surface area contributed by atoms with Gasteiger partial charge in [0, 0.05) is 11.8 Å². The van der Waals surface area contributed by atoms with Crippen molar-refractivity contribution in [3.05, 3.63) is 23.4 Å². The number of ether oxygens (including phenoxy) is 2. The Kier molecular flexibility index (Phi) is 6.00. The van der Waals surface area contributed by atoms with Crippen molar-refractivity contribution in [1.29, 1.82) is 0 Å². The fraction of sp³-hybridized carbons (Fsp3) is 0.625. The van der Waals surface area contributed by atoms with E-state index >= 15 is 0 Å². The molecule has 0 radical (unpaired) electrons. The van der Waals surface area contributed by atoms with E-state index in [-0.39, 0.29) is 6.09 Å². The van der Waals surface area contributed by atoms with E-state index in [1.54, 1.807) is 4.90 Å². The van der Waals surface area contributed by atoms with Gasteiger partial charge >= 0.3 is 12.1 Å². The van der Waals surface area contributed by atoms with E-state index in [0.29, 0.717) is 6.54 Å². The molecular formula is C16H25NO4. The smallest absolute Gasteiger partial charge is 0.414 e. The molecule has 0 aromatic heterocycles. The van der Waals surface area contributed by atoms with E-state index in [1.165, 1.54) is 13.2 Å². The number of rotatable bonds is 4. The average molecular weight is 295 g/mol. The van der Waals surface area contributed by atoms with E-state index in [9.17, 15) is 9.59 Å². The number of allylic oxidation sites excluding steroid dienone is 1. The van der Waals surface area contributed by atoms with Crippen LogP contribution in [0.25, 0.3) is 0 Å². The summed E-state index contributed by atoms with van der Waals surface area (Å²) in [7, 11) is 1.34. The van der Waals surface area contributed by atoms with Crippen LogP contribution in [0.2, 0.25) is 0 Å². The van der Waals surface area contributed by atoms with Crippen molar-refractivity contribution in [2.75, 3.05) is 13.7 Å². The Morgan fingerprint density at radius 2 is 2.05 bits per heavy atom. The van der Waals surface area contributed by atoms with Crippen LogP contribution in [0, 0.1) is 0 Å². The van der Waals surface area contributed by atoms with E-state index in [1.807, 2.05) is 26.8 Å². The lowest BCUT2D eigenvalue weighted by atomic mass is 10.2. The number of carbonyl (C=O) groups is 2. The Labute approximate surface area is 126 Å². The number of methoxy groups -OCH3 is 1. The van der Waals surface area contributed by atoms with Crippen molar-refractivity contribution < 1.29 is 19.1 Å². The summed E-state index contributed by atoms with van der Waals surface area (Å²) in [5, 5.41) is 0. The zero-order chi connectivity index (χ0) is 16.0. The molecule has 5 heteroatoms. The maximum Gasteiger partial charge on any atom is 0.414 e. The molecule has 0 atom stereocenters.